The topological polar surface area (TPSA) is 48.9 Å². The van der Waals surface area contributed by atoms with Gasteiger partial charge in [-0.1, -0.05) is 38.1 Å². The van der Waals surface area contributed by atoms with Crippen LogP contribution in [-0.2, 0) is 17.8 Å². The number of guanidine groups is 1. The Morgan fingerprint density at radius 1 is 1.15 bits per heavy atom. The second-order valence-electron chi connectivity index (χ2n) is 7.46. The van der Waals surface area contributed by atoms with Gasteiger partial charge in [-0.15, -0.1) is 0 Å². The molecule has 2 atom stereocenters. The third-order valence-electron chi connectivity index (χ3n) is 4.87. The Bertz CT molecular complexity index is 551. The van der Waals surface area contributed by atoms with Crippen LogP contribution in [0.25, 0.3) is 0 Å². The monoisotopic (exact) mass is 360 g/mol. The van der Waals surface area contributed by atoms with Gasteiger partial charge in [0, 0.05) is 46.4 Å². The molecule has 0 aliphatic carbocycles. The summed E-state index contributed by atoms with van der Waals surface area (Å²) in [6, 6.07) is 8.73. The van der Waals surface area contributed by atoms with Crippen LogP contribution in [0.5, 0.6) is 0 Å². The first-order valence-electron chi connectivity index (χ1n) is 9.93. The predicted octanol–water partition coefficient (Wildman–Crippen LogP) is 2.87. The number of ether oxygens (including phenoxy) is 1. The summed E-state index contributed by atoms with van der Waals surface area (Å²) < 4.78 is 5.36. The van der Waals surface area contributed by atoms with Crippen LogP contribution in [-0.4, -0.2) is 50.8 Å². The van der Waals surface area contributed by atoms with Crippen LogP contribution in [0.3, 0.4) is 0 Å². The van der Waals surface area contributed by atoms with Crippen molar-refractivity contribution in [3.8, 4) is 0 Å². The summed E-state index contributed by atoms with van der Waals surface area (Å²) in [4.78, 5) is 6.90. The summed E-state index contributed by atoms with van der Waals surface area (Å²) >= 11 is 0. The van der Waals surface area contributed by atoms with Crippen LogP contribution in [0.15, 0.2) is 29.3 Å². The molecule has 26 heavy (non-hydrogen) atoms. The van der Waals surface area contributed by atoms with Crippen molar-refractivity contribution in [1.82, 2.24) is 15.5 Å². The van der Waals surface area contributed by atoms with Gasteiger partial charge < -0.3 is 15.4 Å². The third-order valence-corrected chi connectivity index (χ3v) is 4.87. The smallest absolute Gasteiger partial charge is 0.191 e. The minimum atomic E-state index is 0.694. The fraction of sp³-hybridized carbons (Fsp3) is 0.667. The van der Waals surface area contributed by atoms with Gasteiger partial charge in [0.2, 0.25) is 0 Å². The highest BCUT2D eigenvalue weighted by atomic mass is 16.5. The number of nitrogens with zero attached hydrogens (tertiary/aromatic N) is 2. The molecule has 1 fully saturated rings. The summed E-state index contributed by atoms with van der Waals surface area (Å²) in [5, 5.41) is 6.71. The van der Waals surface area contributed by atoms with Crippen molar-refractivity contribution in [2.24, 2.45) is 16.8 Å². The highest BCUT2D eigenvalue weighted by Gasteiger charge is 2.22. The quantitative estimate of drug-likeness (QED) is 0.425. The third kappa shape index (κ3) is 6.96. The van der Waals surface area contributed by atoms with Gasteiger partial charge in [-0.25, -0.2) is 0 Å². The van der Waals surface area contributed by atoms with E-state index in [1.165, 1.54) is 30.6 Å². The molecule has 0 aromatic heterocycles. The molecule has 0 amide bonds. The molecular formula is C21H36N4O. The Kier molecular flexibility index (Phi) is 8.92. The summed E-state index contributed by atoms with van der Waals surface area (Å²) in [5.74, 6) is 2.40. The molecule has 1 aromatic carbocycles. The molecule has 0 bridgehead atoms. The first-order valence-corrected chi connectivity index (χ1v) is 9.93. The van der Waals surface area contributed by atoms with Crippen LogP contribution in [0.2, 0.25) is 0 Å². The van der Waals surface area contributed by atoms with E-state index in [-0.39, 0.29) is 0 Å². The van der Waals surface area contributed by atoms with E-state index < -0.39 is 0 Å². The average Bonchev–Trinajstić information content (AvgIpc) is 2.61. The molecule has 1 heterocycles. The van der Waals surface area contributed by atoms with Crippen molar-refractivity contribution < 1.29 is 4.74 Å². The lowest BCUT2D eigenvalue weighted by molar-refractivity contribution is 0.134. The molecule has 5 nitrogen and oxygen atoms in total. The molecule has 2 rings (SSSR count). The zero-order chi connectivity index (χ0) is 18.8. The first kappa shape index (κ1) is 20.7. The van der Waals surface area contributed by atoms with E-state index in [0.29, 0.717) is 6.61 Å². The predicted molar refractivity (Wildman–Crippen MR) is 109 cm³/mol. The molecule has 5 heteroatoms. The number of hydrogen-bond donors (Lipinski definition) is 2. The standard InChI is InChI=1S/C21H36N4O/c1-5-26-11-10-23-21(22-4)24-13-19-8-6-7-9-20(19)16-25-14-17(2)12-18(3)15-25/h6-9,17-18H,5,10-16H2,1-4H3,(H2,22,23,24). The van der Waals surface area contributed by atoms with Gasteiger partial charge in [-0.05, 0) is 36.3 Å². The van der Waals surface area contributed by atoms with Gasteiger partial charge in [0.25, 0.3) is 0 Å². The number of hydrogen-bond acceptors (Lipinski definition) is 3. The molecular weight excluding hydrogens is 324 g/mol. The van der Waals surface area contributed by atoms with E-state index in [2.05, 4.69) is 58.6 Å². The summed E-state index contributed by atoms with van der Waals surface area (Å²) in [7, 11) is 1.80. The second kappa shape index (κ2) is 11.2. The lowest BCUT2D eigenvalue weighted by Crippen LogP contribution is -2.39. The maximum absolute atomic E-state index is 5.36. The van der Waals surface area contributed by atoms with E-state index in [9.17, 15) is 0 Å². The highest BCUT2D eigenvalue weighted by Crippen LogP contribution is 2.23. The van der Waals surface area contributed by atoms with E-state index >= 15 is 0 Å². The molecule has 1 aromatic rings. The first-order chi connectivity index (χ1) is 12.6. The SMILES string of the molecule is CCOCCNC(=NC)NCc1ccccc1CN1CC(C)CC(C)C1. The largest absolute Gasteiger partial charge is 0.380 e. The Morgan fingerprint density at radius 2 is 1.85 bits per heavy atom. The maximum atomic E-state index is 5.36. The molecule has 0 radical (unpaired) electrons. The fourth-order valence-corrected chi connectivity index (χ4v) is 3.83. The molecule has 0 saturated carbocycles. The molecule has 0 spiro atoms. The van der Waals surface area contributed by atoms with E-state index in [1.54, 1.807) is 7.05 Å². The maximum Gasteiger partial charge on any atom is 0.191 e. The van der Waals surface area contributed by atoms with Crippen LogP contribution in [0.4, 0.5) is 0 Å². The molecule has 2 N–H and O–H groups in total. The van der Waals surface area contributed by atoms with Gasteiger partial charge in [0.15, 0.2) is 5.96 Å². The molecule has 146 valence electrons. The number of benzene rings is 1. The number of nitrogens with one attached hydrogen (secondary N) is 2. The van der Waals surface area contributed by atoms with Gasteiger partial charge in [-0.3, -0.25) is 9.89 Å². The van der Waals surface area contributed by atoms with Crippen LogP contribution in [0.1, 0.15) is 38.3 Å². The minimum absolute atomic E-state index is 0.694. The summed E-state index contributed by atoms with van der Waals surface area (Å²) in [6.07, 6.45) is 1.35. The number of piperidine rings is 1. The van der Waals surface area contributed by atoms with Crippen LogP contribution < -0.4 is 10.6 Å². The van der Waals surface area contributed by atoms with Gasteiger partial charge in [0.05, 0.1) is 6.61 Å². The lowest BCUT2D eigenvalue weighted by Gasteiger charge is -2.35. The van der Waals surface area contributed by atoms with Gasteiger partial charge in [0.1, 0.15) is 0 Å². The fourth-order valence-electron chi connectivity index (χ4n) is 3.83. The van der Waals surface area contributed by atoms with Crippen LogP contribution in [0, 0.1) is 11.8 Å². The number of rotatable bonds is 8. The van der Waals surface area contributed by atoms with E-state index in [0.717, 1.165) is 44.0 Å². The summed E-state index contributed by atoms with van der Waals surface area (Å²) in [6.45, 7) is 13.2. The van der Waals surface area contributed by atoms with Gasteiger partial charge >= 0.3 is 0 Å². The van der Waals surface area contributed by atoms with Crippen molar-refractivity contribution in [3.63, 3.8) is 0 Å². The molecule has 1 aliphatic rings. The molecule has 1 aliphatic heterocycles. The summed E-state index contributed by atoms with van der Waals surface area (Å²) in [5.41, 5.74) is 2.75. The Balaban J connectivity index is 1.89. The molecule has 1 saturated heterocycles. The number of aliphatic imine (C=N–C) groups is 1. The van der Waals surface area contributed by atoms with Crippen molar-refractivity contribution in [3.05, 3.63) is 35.4 Å². The van der Waals surface area contributed by atoms with Crippen LogP contribution >= 0.6 is 0 Å². The Labute approximate surface area is 159 Å². The zero-order valence-corrected chi connectivity index (χ0v) is 16.9. The van der Waals surface area contributed by atoms with E-state index in [4.69, 9.17) is 4.74 Å². The van der Waals surface area contributed by atoms with Crippen molar-refractivity contribution in [2.75, 3.05) is 39.9 Å². The normalized spacial score (nSPS) is 21.6. The highest BCUT2D eigenvalue weighted by molar-refractivity contribution is 5.79. The van der Waals surface area contributed by atoms with Crippen molar-refractivity contribution in [1.29, 1.82) is 0 Å². The molecule has 2 unspecified atom stereocenters. The van der Waals surface area contributed by atoms with Crippen molar-refractivity contribution in [2.45, 2.75) is 40.3 Å². The number of likely N-dealkylation sites (tertiary alicyclic amines) is 1. The lowest BCUT2D eigenvalue weighted by atomic mass is 9.91. The van der Waals surface area contributed by atoms with E-state index in [1.807, 2.05) is 6.92 Å². The van der Waals surface area contributed by atoms with Crippen molar-refractivity contribution >= 4 is 5.96 Å². The zero-order valence-electron chi connectivity index (χ0n) is 16.9. The Hall–Kier alpha value is -1.59. The average molecular weight is 361 g/mol. The Morgan fingerprint density at radius 3 is 2.50 bits per heavy atom. The second-order valence-corrected chi connectivity index (χ2v) is 7.46. The minimum Gasteiger partial charge on any atom is -0.380 e. The van der Waals surface area contributed by atoms with Gasteiger partial charge in [-0.2, -0.15) is 0 Å².